The Hall–Kier alpha value is -2.73. The molecule has 0 saturated carbocycles. The van der Waals surface area contributed by atoms with Crippen LogP contribution in [-0.4, -0.2) is 54.7 Å². The van der Waals surface area contributed by atoms with Crippen LogP contribution in [0.25, 0.3) is 28.3 Å². The number of amides is 1. The molecular formula is C21H21IN4O5. The van der Waals surface area contributed by atoms with Crippen molar-refractivity contribution in [2.75, 3.05) is 17.6 Å². The van der Waals surface area contributed by atoms with E-state index in [1.807, 2.05) is 0 Å². The fraction of sp³-hybridized carbons (Fsp3) is 0.333. The van der Waals surface area contributed by atoms with Gasteiger partial charge in [0.1, 0.15) is 22.3 Å². The minimum absolute atomic E-state index is 0.00176. The molecule has 0 unspecified atom stereocenters. The highest BCUT2D eigenvalue weighted by molar-refractivity contribution is 14.1. The van der Waals surface area contributed by atoms with Gasteiger partial charge in [-0.3, -0.25) is 19.3 Å². The molecule has 4 N–H and O–H groups in total. The number of benzene rings is 2. The van der Waals surface area contributed by atoms with Crippen molar-refractivity contribution in [1.29, 1.82) is 0 Å². The highest BCUT2D eigenvalue weighted by atomic mass is 127. The molecule has 10 heteroatoms. The van der Waals surface area contributed by atoms with E-state index in [1.54, 1.807) is 0 Å². The molecule has 0 aliphatic carbocycles. The number of aromatic amines is 1. The topological polar surface area (TPSA) is 136 Å². The number of fused-ring (bicyclic) bond motifs is 2. The first-order chi connectivity index (χ1) is 14.8. The second-order valence-corrected chi connectivity index (χ2v) is 8.31. The number of phenolic OH excluding ortho intramolecular Hbond substituents is 1. The number of aromatic hydroxyl groups is 1. The van der Waals surface area contributed by atoms with Crippen molar-refractivity contribution in [2.45, 2.75) is 25.8 Å². The predicted octanol–water partition coefficient (Wildman–Crippen LogP) is 1.05. The Morgan fingerprint density at radius 3 is 2.65 bits per heavy atom. The number of likely N-dealkylation sites (tertiary alicyclic amines) is 1. The quantitative estimate of drug-likeness (QED) is 0.170. The number of hydrogen-bond acceptors (Lipinski definition) is 7. The highest BCUT2D eigenvalue weighted by Gasteiger charge is 2.23. The molecule has 0 atom stereocenters. The van der Waals surface area contributed by atoms with Crippen LogP contribution in [0.3, 0.4) is 0 Å². The lowest BCUT2D eigenvalue weighted by atomic mass is 10.0. The molecule has 1 aliphatic heterocycles. The first-order valence-electron chi connectivity index (χ1n) is 9.81. The monoisotopic (exact) mass is 536 g/mol. The minimum atomic E-state index is -0.527. The second kappa shape index (κ2) is 8.42. The Kier molecular flexibility index (Phi) is 5.84. The van der Waals surface area contributed by atoms with E-state index < -0.39 is 16.6 Å². The summed E-state index contributed by atoms with van der Waals surface area (Å²) in [6.07, 6.45) is 2.30. The Morgan fingerprint density at radius 2 is 2.00 bits per heavy atom. The van der Waals surface area contributed by atoms with E-state index in [4.69, 9.17) is 0 Å². The number of rotatable bonds is 3. The standard InChI is InChI=1S/C21H21IN4O5/c1-10-19(29)13(8-27)16-18(20(10)30)25-15-12(2-3-14(28)17(15)24-16)21(31)23-11-4-6-26(9-22)7-5-11/h2-3,8,11,25,27,29H,4-7,9H2,1H3,(H,23,31). The smallest absolute Gasteiger partial charge is 0.253 e. The first-order valence-corrected chi connectivity index (χ1v) is 11.3. The molecule has 1 aromatic heterocycles. The lowest BCUT2D eigenvalue weighted by molar-refractivity contribution is 0.0918. The van der Waals surface area contributed by atoms with E-state index in [2.05, 4.69) is 42.8 Å². The van der Waals surface area contributed by atoms with E-state index in [-0.39, 0.29) is 50.4 Å². The Labute approximate surface area is 189 Å². The summed E-state index contributed by atoms with van der Waals surface area (Å²) in [7, 11) is 0. The molecule has 2 heterocycles. The number of H-pyrrole nitrogens is 1. The predicted molar refractivity (Wildman–Crippen MR) is 126 cm³/mol. The van der Waals surface area contributed by atoms with Crippen molar-refractivity contribution >= 4 is 56.8 Å². The molecule has 3 aromatic rings. The van der Waals surface area contributed by atoms with Crippen LogP contribution in [0, 0.1) is 6.92 Å². The van der Waals surface area contributed by atoms with Gasteiger partial charge < -0.3 is 20.5 Å². The number of nitrogens with one attached hydrogen (secondary N) is 2. The van der Waals surface area contributed by atoms with E-state index in [9.17, 15) is 24.6 Å². The maximum absolute atomic E-state index is 13.0. The Bertz CT molecular complexity index is 1360. The Morgan fingerprint density at radius 1 is 1.29 bits per heavy atom. The van der Waals surface area contributed by atoms with Crippen LogP contribution >= 0.6 is 22.6 Å². The van der Waals surface area contributed by atoms with Crippen LogP contribution in [0.1, 0.15) is 28.8 Å². The van der Waals surface area contributed by atoms with Crippen molar-refractivity contribution in [3.63, 3.8) is 0 Å². The zero-order valence-corrected chi connectivity index (χ0v) is 18.9. The largest absolute Gasteiger partial charge is 0.515 e. The molecule has 9 nitrogen and oxygen atoms in total. The van der Waals surface area contributed by atoms with Gasteiger partial charge in [0.15, 0.2) is 0 Å². The maximum atomic E-state index is 13.0. The van der Waals surface area contributed by atoms with Gasteiger partial charge in [0.05, 0.1) is 27.1 Å². The number of hydrogen-bond donors (Lipinski definition) is 4. The summed E-state index contributed by atoms with van der Waals surface area (Å²) in [6, 6.07) is 2.68. The van der Waals surface area contributed by atoms with Crippen LogP contribution in [0.15, 0.2) is 21.7 Å². The van der Waals surface area contributed by atoms with Crippen LogP contribution < -0.4 is 21.4 Å². The van der Waals surface area contributed by atoms with Crippen LogP contribution in [0.2, 0.25) is 0 Å². The van der Waals surface area contributed by atoms with Crippen molar-refractivity contribution in [3.8, 4) is 5.75 Å². The molecular weight excluding hydrogens is 515 g/mol. The number of nitrogens with zero attached hydrogens (tertiary/aromatic N) is 2. The van der Waals surface area contributed by atoms with Crippen LogP contribution in [0.4, 0.5) is 0 Å². The zero-order chi connectivity index (χ0) is 22.3. The molecule has 162 valence electrons. The molecule has 1 saturated heterocycles. The number of halogens is 1. The number of phenols is 1. The molecule has 0 bridgehead atoms. The van der Waals surface area contributed by atoms with E-state index in [1.165, 1.54) is 19.1 Å². The SMILES string of the molecule is Cc1c(O)c(=CO)c2nc3c(=O)ccc(C(=O)NC4CCN(CI)CC4)c3[nH]c2c1=O. The summed E-state index contributed by atoms with van der Waals surface area (Å²) in [5.74, 6) is -0.758. The van der Waals surface area contributed by atoms with Crippen LogP contribution in [0.5, 0.6) is 5.75 Å². The molecule has 4 rings (SSSR count). The summed E-state index contributed by atoms with van der Waals surface area (Å²) in [6.45, 7) is 3.21. The fourth-order valence-electron chi connectivity index (χ4n) is 3.90. The average molecular weight is 536 g/mol. The summed E-state index contributed by atoms with van der Waals surface area (Å²) in [5, 5.41) is 22.7. The zero-order valence-electron chi connectivity index (χ0n) is 16.7. The molecule has 2 aromatic carbocycles. The molecule has 0 spiro atoms. The number of aromatic nitrogens is 2. The normalized spacial score (nSPS) is 16.3. The van der Waals surface area contributed by atoms with Gasteiger partial charge in [-0.1, -0.05) is 22.6 Å². The molecule has 1 fully saturated rings. The fourth-order valence-corrected chi connectivity index (χ4v) is 4.58. The Balaban J connectivity index is 1.84. The average Bonchev–Trinajstić information content (AvgIpc) is 2.78. The molecule has 1 aliphatic rings. The van der Waals surface area contributed by atoms with Gasteiger partial charge in [-0.25, -0.2) is 4.98 Å². The third-order valence-electron chi connectivity index (χ3n) is 5.75. The number of aliphatic hydroxyl groups excluding tert-OH is 1. The third-order valence-corrected chi connectivity index (χ3v) is 6.71. The van der Waals surface area contributed by atoms with Crippen molar-refractivity contribution in [3.05, 3.63) is 48.9 Å². The first kappa shape index (κ1) is 21.5. The van der Waals surface area contributed by atoms with Gasteiger partial charge in [-0.05, 0) is 31.9 Å². The maximum Gasteiger partial charge on any atom is 0.253 e. The van der Waals surface area contributed by atoms with Crippen molar-refractivity contribution in [2.24, 2.45) is 0 Å². The van der Waals surface area contributed by atoms with Crippen molar-refractivity contribution in [1.82, 2.24) is 20.2 Å². The summed E-state index contributed by atoms with van der Waals surface area (Å²) < 4.78 is 0.946. The van der Waals surface area contributed by atoms with Gasteiger partial charge >= 0.3 is 0 Å². The summed E-state index contributed by atoms with van der Waals surface area (Å²) in [5.41, 5.74) is -0.685. The number of carbonyl (C=O) groups excluding carboxylic acids is 1. The van der Waals surface area contributed by atoms with E-state index in [0.29, 0.717) is 6.26 Å². The molecule has 1 amide bonds. The lowest BCUT2D eigenvalue weighted by Gasteiger charge is -2.30. The summed E-state index contributed by atoms with van der Waals surface area (Å²) >= 11 is 2.32. The number of piperidine rings is 1. The van der Waals surface area contributed by atoms with Gasteiger partial charge in [-0.2, -0.15) is 0 Å². The molecule has 31 heavy (non-hydrogen) atoms. The minimum Gasteiger partial charge on any atom is -0.515 e. The molecule has 0 radical (unpaired) electrons. The van der Waals surface area contributed by atoms with Gasteiger partial charge in [0, 0.05) is 24.7 Å². The van der Waals surface area contributed by atoms with Crippen molar-refractivity contribution < 1.29 is 15.0 Å². The van der Waals surface area contributed by atoms with Gasteiger partial charge in [0.2, 0.25) is 10.9 Å². The van der Waals surface area contributed by atoms with E-state index >= 15 is 0 Å². The second-order valence-electron chi connectivity index (χ2n) is 7.63. The number of alkyl halides is 1. The number of carbonyl (C=O) groups is 1. The van der Waals surface area contributed by atoms with Gasteiger partial charge in [0.25, 0.3) is 5.91 Å². The van der Waals surface area contributed by atoms with Gasteiger partial charge in [-0.15, -0.1) is 0 Å². The number of aliphatic hydroxyl groups is 1. The third kappa shape index (κ3) is 3.74. The highest BCUT2D eigenvalue weighted by Crippen LogP contribution is 2.18. The van der Waals surface area contributed by atoms with Crippen LogP contribution in [-0.2, 0) is 0 Å². The van der Waals surface area contributed by atoms with E-state index in [0.717, 1.165) is 30.5 Å². The lowest BCUT2D eigenvalue weighted by Crippen LogP contribution is -2.44. The summed E-state index contributed by atoms with van der Waals surface area (Å²) in [4.78, 5) is 47.6.